The van der Waals surface area contributed by atoms with Gasteiger partial charge in [0.2, 0.25) is 5.91 Å². The monoisotopic (exact) mass is 349 g/mol. The third kappa shape index (κ3) is 4.03. The van der Waals surface area contributed by atoms with Gasteiger partial charge in [0.05, 0.1) is 0 Å². The Balaban J connectivity index is 1.64. The van der Waals surface area contributed by atoms with Gasteiger partial charge in [0.15, 0.2) is 0 Å². The zero-order valence-electron chi connectivity index (χ0n) is 12.6. The van der Waals surface area contributed by atoms with Gasteiger partial charge in [0.1, 0.15) is 6.04 Å². The molecule has 1 aliphatic rings. The molecule has 1 fully saturated rings. The third-order valence-corrected chi connectivity index (χ3v) is 4.27. The smallest absolute Gasteiger partial charge is 0.242 e. The maximum atomic E-state index is 12.4. The van der Waals surface area contributed by atoms with Crippen LogP contribution in [0.1, 0.15) is 23.6 Å². The zero-order chi connectivity index (χ0) is 16.4. The molecule has 3 N–H and O–H groups in total. The van der Waals surface area contributed by atoms with Gasteiger partial charge in [0.25, 0.3) is 0 Å². The number of nitrogens with one attached hydrogen (secondary N) is 3. The highest BCUT2D eigenvalue weighted by Gasteiger charge is 2.30. The predicted octanol–water partition coefficient (Wildman–Crippen LogP) is 3.85. The fraction of sp³-hybridized carbons (Fsp3) is 0.235. The number of rotatable bonds is 3. The van der Waals surface area contributed by atoms with Gasteiger partial charge in [-0.2, -0.15) is 0 Å². The van der Waals surface area contributed by atoms with Gasteiger partial charge in [-0.1, -0.05) is 53.0 Å². The summed E-state index contributed by atoms with van der Waals surface area (Å²) in [6, 6.07) is 13.0. The van der Waals surface area contributed by atoms with Gasteiger partial charge >= 0.3 is 0 Å². The summed E-state index contributed by atoms with van der Waals surface area (Å²) in [5.74, 6) is -0.120. The summed E-state index contributed by atoms with van der Waals surface area (Å²) in [5.41, 5.74) is 9.17. The van der Waals surface area contributed by atoms with Crippen LogP contribution in [0.15, 0.2) is 42.5 Å². The summed E-state index contributed by atoms with van der Waals surface area (Å²) in [4.78, 5) is 12.4. The number of hydrazine groups is 1. The number of hydrogen-bond acceptors (Lipinski definition) is 3. The first-order valence-corrected chi connectivity index (χ1v) is 8.11. The minimum absolute atomic E-state index is 0.106. The summed E-state index contributed by atoms with van der Waals surface area (Å²) >= 11 is 11.9. The largest absolute Gasteiger partial charge is 0.325 e. The van der Waals surface area contributed by atoms with Gasteiger partial charge in [-0.15, -0.1) is 0 Å². The van der Waals surface area contributed by atoms with E-state index in [1.54, 1.807) is 18.2 Å². The minimum atomic E-state index is -0.320. The molecular weight excluding hydrogens is 333 g/mol. The van der Waals surface area contributed by atoms with Crippen molar-refractivity contribution >= 4 is 34.8 Å². The lowest BCUT2D eigenvalue weighted by atomic mass is 10.0. The highest BCUT2D eigenvalue weighted by atomic mass is 35.5. The van der Waals surface area contributed by atoms with Crippen molar-refractivity contribution in [2.45, 2.75) is 25.4 Å². The van der Waals surface area contributed by atoms with Crippen LogP contribution in [0.5, 0.6) is 0 Å². The fourth-order valence-electron chi connectivity index (χ4n) is 2.60. The molecule has 0 radical (unpaired) electrons. The average Bonchev–Trinajstić information content (AvgIpc) is 2.97. The first-order chi connectivity index (χ1) is 11.0. The quantitative estimate of drug-likeness (QED) is 0.788. The predicted molar refractivity (Wildman–Crippen MR) is 93.7 cm³/mol. The third-order valence-electron chi connectivity index (χ3n) is 3.83. The molecule has 1 heterocycles. The molecule has 3 rings (SSSR count). The average molecular weight is 350 g/mol. The molecule has 0 saturated carbocycles. The molecule has 6 heteroatoms. The Labute approximate surface area is 145 Å². The number of carbonyl (C=O) groups excluding carboxylic acids is 1. The molecule has 1 saturated heterocycles. The molecule has 0 aromatic heterocycles. The number of carbonyl (C=O) groups is 1. The normalized spacial score (nSPS) is 20.5. The van der Waals surface area contributed by atoms with E-state index in [1.165, 1.54) is 5.56 Å². The molecule has 4 nitrogen and oxygen atoms in total. The molecular formula is C17H17Cl2N3O. The van der Waals surface area contributed by atoms with Crippen molar-refractivity contribution in [1.82, 2.24) is 10.9 Å². The topological polar surface area (TPSA) is 53.2 Å². The second kappa shape index (κ2) is 6.89. The van der Waals surface area contributed by atoms with Crippen LogP contribution in [0.2, 0.25) is 10.0 Å². The maximum Gasteiger partial charge on any atom is 0.242 e. The summed E-state index contributed by atoms with van der Waals surface area (Å²) in [6.07, 6.45) is 0.670. The molecule has 0 spiro atoms. The molecule has 2 aromatic rings. The second-order valence-electron chi connectivity index (χ2n) is 5.69. The molecule has 0 aliphatic carbocycles. The highest BCUT2D eigenvalue weighted by molar-refractivity contribution is 6.35. The number of halogens is 2. The van der Waals surface area contributed by atoms with Gasteiger partial charge < -0.3 is 5.32 Å². The van der Waals surface area contributed by atoms with Crippen molar-refractivity contribution in [2.24, 2.45) is 0 Å². The number of hydrogen-bond donors (Lipinski definition) is 3. The Morgan fingerprint density at radius 3 is 2.39 bits per heavy atom. The van der Waals surface area contributed by atoms with Crippen LogP contribution in [0.3, 0.4) is 0 Å². The van der Waals surface area contributed by atoms with Crippen LogP contribution >= 0.6 is 23.2 Å². The van der Waals surface area contributed by atoms with E-state index in [0.29, 0.717) is 22.2 Å². The van der Waals surface area contributed by atoms with E-state index in [-0.39, 0.29) is 18.0 Å². The van der Waals surface area contributed by atoms with Crippen LogP contribution in [0.25, 0.3) is 0 Å². The van der Waals surface area contributed by atoms with Crippen LogP contribution < -0.4 is 16.2 Å². The van der Waals surface area contributed by atoms with Gasteiger partial charge in [0, 0.05) is 21.8 Å². The Morgan fingerprint density at radius 1 is 1.09 bits per heavy atom. The van der Waals surface area contributed by atoms with Crippen LogP contribution in [-0.4, -0.2) is 11.9 Å². The Hall–Kier alpha value is -1.59. The van der Waals surface area contributed by atoms with Crippen molar-refractivity contribution < 1.29 is 4.79 Å². The Morgan fingerprint density at radius 2 is 1.74 bits per heavy atom. The number of aryl methyl sites for hydroxylation is 1. The molecule has 2 atom stereocenters. The van der Waals surface area contributed by atoms with Crippen molar-refractivity contribution in [2.75, 3.05) is 5.32 Å². The summed E-state index contributed by atoms with van der Waals surface area (Å²) in [5, 5.41) is 3.81. The van der Waals surface area contributed by atoms with Crippen molar-refractivity contribution in [3.63, 3.8) is 0 Å². The van der Waals surface area contributed by atoms with Crippen molar-refractivity contribution in [3.8, 4) is 0 Å². The van der Waals surface area contributed by atoms with Gasteiger partial charge in [-0.3, -0.25) is 4.79 Å². The molecule has 0 bridgehead atoms. The van der Waals surface area contributed by atoms with Gasteiger partial charge in [-0.05, 0) is 37.1 Å². The van der Waals surface area contributed by atoms with E-state index in [9.17, 15) is 4.79 Å². The molecule has 23 heavy (non-hydrogen) atoms. The number of amides is 1. The van der Waals surface area contributed by atoms with E-state index in [4.69, 9.17) is 23.2 Å². The molecule has 2 unspecified atom stereocenters. The number of anilines is 1. The van der Waals surface area contributed by atoms with E-state index < -0.39 is 0 Å². The lowest BCUT2D eigenvalue weighted by molar-refractivity contribution is -0.117. The van der Waals surface area contributed by atoms with E-state index in [0.717, 1.165) is 5.56 Å². The summed E-state index contributed by atoms with van der Waals surface area (Å²) in [7, 11) is 0. The Bertz CT molecular complexity index is 698. The van der Waals surface area contributed by atoms with Crippen LogP contribution in [0, 0.1) is 6.92 Å². The second-order valence-corrected chi connectivity index (χ2v) is 6.56. The van der Waals surface area contributed by atoms with Crippen LogP contribution in [0.4, 0.5) is 5.69 Å². The SMILES string of the molecule is Cc1ccc(C2CC(C(=O)Nc3cc(Cl)cc(Cl)c3)NN2)cc1. The lowest BCUT2D eigenvalue weighted by Gasteiger charge is -2.11. The standard InChI is InChI=1S/C17H17Cl2N3O/c1-10-2-4-11(5-3-10)15-9-16(22-21-15)17(23)20-14-7-12(18)6-13(19)8-14/h2-8,15-16,21-22H,9H2,1H3,(H,20,23). The Kier molecular flexibility index (Phi) is 4.87. The van der Waals surface area contributed by atoms with E-state index in [1.807, 2.05) is 0 Å². The highest BCUT2D eigenvalue weighted by Crippen LogP contribution is 2.25. The van der Waals surface area contributed by atoms with Crippen molar-refractivity contribution in [3.05, 3.63) is 63.6 Å². The van der Waals surface area contributed by atoms with E-state index in [2.05, 4.69) is 47.4 Å². The van der Waals surface area contributed by atoms with Gasteiger partial charge in [-0.25, -0.2) is 10.9 Å². The summed E-state index contributed by atoms with van der Waals surface area (Å²) in [6.45, 7) is 2.05. The first-order valence-electron chi connectivity index (χ1n) is 7.36. The summed E-state index contributed by atoms with van der Waals surface area (Å²) < 4.78 is 0. The fourth-order valence-corrected chi connectivity index (χ4v) is 3.13. The lowest BCUT2D eigenvalue weighted by Crippen LogP contribution is -2.39. The zero-order valence-corrected chi connectivity index (χ0v) is 14.1. The molecule has 1 amide bonds. The molecule has 1 aliphatic heterocycles. The molecule has 120 valence electrons. The van der Waals surface area contributed by atoms with E-state index >= 15 is 0 Å². The maximum absolute atomic E-state index is 12.4. The molecule has 2 aromatic carbocycles. The van der Waals surface area contributed by atoms with Crippen molar-refractivity contribution in [1.29, 1.82) is 0 Å². The minimum Gasteiger partial charge on any atom is -0.325 e. The van der Waals surface area contributed by atoms with Crippen LogP contribution in [-0.2, 0) is 4.79 Å². The number of benzene rings is 2. The first kappa shape index (κ1) is 16.3.